The highest BCUT2D eigenvalue weighted by Gasteiger charge is 2.24. The molecule has 0 saturated heterocycles. The molecule has 3 N–H and O–H groups in total. The van der Waals surface area contributed by atoms with E-state index >= 15 is 0 Å². The number of hydrogen-bond acceptors (Lipinski definition) is 9. The van der Waals surface area contributed by atoms with Crippen LogP contribution in [0.1, 0.15) is 17.3 Å². The largest absolute Gasteiger partial charge is 0.462 e. The molecule has 11 nitrogen and oxygen atoms in total. The summed E-state index contributed by atoms with van der Waals surface area (Å²) >= 11 is 0. The Kier molecular flexibility index (Phi) is 4.15. The van der Waals surface area contributed by atoms with Crippen molar-refractivity contribution in [3.05, 3.63) is 28.2 Å². The maximum Gasteiger partial charge on any atom is 0.353 e. The smallest absolute Gasteiger partial charge is 0.353 e. The van der Waals surface area contributed by atoms with Crippen molar-refractivity contribution >= 4 is 29.1 Å². The normalized spacial score (nSPS) is 10.3. The topological polar surface area (TPSA) is 151 Å². The van der Waals surface area contributed by atoms with Crippen molar-refractivity contribution in [1.82, 2.24) is 19.7 Å². The number of nitro groups is 1. The van der Waals surface area contributed by atoms with Crippen molar-refractivity contribution in [2.24, 2.45) is 7.05 Å². The second-order valence-electron chi connectivity index (χ2n) is 4.09. The lowest BCUT2D eigenvalue weighted by Gasteiger charge is -2.09. The molecule has 2 aromatic heterocycles. The first-order chi connectivity index (χ1) is 10.5. The quantitative estimate of drug-likeness (QED) is 0.460. The van der Waals surface area contributed by atoms with Crippen molar-refractivity contribution in [2.45, 2.75) is 6.92 Å². The summed E-state index contributed by atoms with van der Waals surface area (Å²) in [6.45, 7) is 1.85. The third-order valence-electron chi connectivity index (χ3n) is 2.70. The van der Waals surface area contributed by atoms with Crippen molar-refractivity contribution in [3.8, 4) is 0 Å². The monoisotopic (exact) mass is 307 g/mol. The predicted octanol–water partition coefficient (Wildman–Crippen LogP) is 0.621. The van der Waals surface area contributed by atoms with Crippen molar-refractivity contribution < 1.29 is 14.5 Å². The van der Waals surface area contributed by atoms with Gasteiger partial charge in [0.1, 0.15) is 17.7 Å². The molecule has 0 aliphatic rings. The van der Waals surface area contributed by atoms with E-state index in [1.807, 2.05) is 0 Å². The van der Waals surface area contributed by atoms with Gasteiger partial charge in [-0.2, -0.15) is 5.10 Å². The summed E-state index contributed by atoms with van der Waals surface area (Å²) < 4.78 is 6.23. The molecular weight excluding hydrogens is 294 g/mol. The number of nitrogen functional groups attached to an aromatic ring is 1. The number of nitrogens with one attached hydrogen (secondary N) is 1. The number of hydrogen-bond donors (Lipinski definition) is 2. The van der Waals surface area contributed by atoms with Gasteiger partial charge in [0.25, 0.3) is 0 Å². The van der Waals surface area contributed by atoms with E-state index in [-0.39, 0.29) is 29.6 Å². The van der Waals surface area contributed by atoms with Crippen LogP contribution >= 0.6 is 0 Å². The minimum Gasteiger partial charge on any atom is -0.462 e. The SMILES string of the molecule is CCOC(=O)c1cnn(C)c1Nc1ncnc(N)c1[N+](=O)[O-]. The Morgan fingerprint density at radius 2 is 2.27 bits per heavy atom. The van der Waals surface area contributed by atoms with E-state index in [2.05, 4.69) is 20.4 Å². The second-order valence-corrected chi connectivity index (χ2v) is 4.09. The zero-order valence-electron chi connectivity index (χ0n) is 11.8. The minimum absolute atomic E-state index is 0.121. The summed E-state index contributed by atoms with van der Waals surface area (Å²) in [7, 11) is 1.56. The lowest BCUT2D eigenvalue weighted by molar-refractivity contribution is -0.383. The molecule has 2 aromatic rings. The number of aromatic nitrogens is 4. The maximum absolute atomic E-state index is 11.8. The van der Waals surface area contributed by atoms with Crippen LogP contribution in [0, 0.1) is 10.1 Å². The summed E-state index contributed by atoms with van der Waals surface area (Å²) in [6.07, 6.45) is 2.36. The molecular formula is C11H13N7O4. The van der Waals surface area contributed by atoms with E-state index in [4.69, 9.17) is 10.5 Å². The lowest BCUT2D eigenvalue weighted by atomic mass is 10.3. The number of nitrogens with two attached hydrogens (primary N) is 1. The summed E-state index contributed by atoms with van der Waals surface area (Å²) in [5, 5.41) is 17.7. The highest BCUT2D eigenvalue weighted by Crippen LogP contribution is 2.30. The molecule has 0 unspecified atom stereocenters. The number of ether oxygens (including phenoxy) is 1. The minimum atomic E-state index is -0.710. The van der Waals surface area contributed by atoms with Gasteiger partial charge in [0.15, 0.2) is 0 Å². The Morgan fingerprint density at radius 3 is 2.91 bits per heavy atom. The van der Waals surface area contributed by atoms with E-state index in [0.717, 1.165) is 6.33 Å². The average Bonchev–Trinajstić information content (AvgIpc) is 2.80. The Balaban J connectivity index is 2.44. The molecule has 0 bridgehead atoms. The fourth-order valence-corrected chi connectivity index (χ4v) is 1.72. The van der Waals surface area contributed by atoms with Crippen LogP contribution in [0.3, 0.4) is 0 Å². The van der Waals surface area contributed by atoms with Crippen LogP contribution < -0.4 is 11.1 Å². The zero-order chi connectivity index (χ0) is 16.3. The first-order valence-electron chi connectivity index (χ1n) is 6.16. The van der Waals surface area contributed by atoms with Crippen LogP contribution in [0.25, 0.3) is 0 Å². The van der Waals surface area contributed by atoms with E-state index in [9.17, 15) is 14.9 Å². The van der Waals surface area contributed by atoms with Crippen LogP contribution in [-0.2, 0) is 11.8 Å². The van der Waals surface area contributed by atoms with E-state index < -0.39 is 16.6 Å². The van der Waals surface area contributed by atoms with E-state index in [0.29, 0.717) is 0 Å². The highest BCUT2D eigenvalue weighted by atomic mass is 16.6. The van der Waals surface area contributed by atoms with Gasteiger partial charge in [-0.25, -0.2) is 14.8 Å². The third kappa shape index (κ3) is 2.77. The predicted molar refractivity (Wildman–Crippen MR) is 75.5 cm³/mol. The molecule has 0 atom stereocenters. The van der Waals surface area contributed by atoms with Crippen molar-refractivity contribution in [3.63, 3.8) is 0 Å². The Morgan fingerprint density at radius 1 is 1.55 bits per heavy atom. The Bertz CT molecular complexity index is 727. The zero-order valence-corrected chi connectivity index (χ0v) is 11.8. The first-order valence-corrected chi connectivity index (χ1v) is 6.16. The van der Waals surface area contributed by atoms with Crippen LogP contribution in [0.4, 0.5) is 23.1 Å². The van der Waals surface area contributed by atoms with Gasteiger partial charge >= 0.3 is 11.7 Å². The number of nitrogens with zero attached hydrogens (tertiary/aromatic N) is 5. The molecule has 2 heterocycles. The van der Waals surface area contributed by atoms with Gasteiger partial charge in [-0.15, -0.1) is 0 Å². The van der Waals surface area contributed by atoms with Crippen LogP contribution in [0.5, 0.6) is 0 Å². The molecule has 22 heavy (non-hydrogen) atoms. The first kappa shape index (κ1) is 15.2. The molecule has 0 saturated carbocycles. The number of anilines is 3. The summed E-state index contributed by atoms with van der Waals surface area (Å²) in [5.41, 5.74) is 5.12. The molecule has 116 valence electrons. The molecule has 2 rings (SSSR count). The molecule has 0 fully saturated rings. The number of rotatable bonds is 5. The number of carbonyl (C=O) groups is 1. The standard InChI is InChI=1S/C11H13N7O4/c1-3-22-11(19)6-4-15-17(2)10(6)16-9-7(18(20)21)8(12)13-5-14-9/h4-5H,3H2,1-2H3,(H3,12,13,14,16). The van der Waals surface area contributed by atoms with Gasteiger partial charge in [0.2, 0.25) is 11.6 Å². The molecule has 0 aliphatic carbocycles. The van der Waals surface area contributed by atoms with Crippen LogP contribution in [-0.4, -0.2) is 37.2 Å². The number of carbonyl (C=O) groups excluding carboxylic acids is 1. The van der Waals surface area contributed by atoms with Gasteiger partial charge in [0.05, 0.1) is 17.7 Å². The van der Waals surface area contributed by atoms with Crippen LogP contribution in [0.2, 0.25) is 0 Å². The third-order valence-corrected chi connectivity index (χ3v) is 2.70. The number of esters is 1. The van der Waals surface area contributed by atoms with Gasteiger partial charge < -0.3 is 15.8 Å². The highest BCUT2D eigenvalue weighted by molar-refractivity contribution is 5.95. The van der Waals surface area contributed by atoms with Gasteiger partial charge in [-0.3, -0.25) is 14.8 Å². The summed E-state index contributed by atoms with van der Waals surface area (Å²) in [6, 6.07) is 0. The number of aryl methyl sites for hydroxylation is 1. The van der Waals surface area contributed by atoms with Gasteiger partial charge in [0, 0.05) is 7.05 Å². The van der Waals surface area contributed by atoms with Gasteiger partial charge in [-0.1, -0.05) is 0 Å². The second kappa shape index (κ2) is 6.03. The Labute approximate surface area is 124 Å². The van der Waals surface area contributed by atoms with Crippen molar-refractivity contribution in [2.75, 3.05) is 17.7 Å². The molecule has 0 aromatic carbocycles. The fourth-order valence-electron chi connectivity index (χ4n) is 1.72. The summed E-state index contributed by atoms with van der Waals surface area (Å²) in [5.74, 6) is -0.851. The van der Waals surface area contributed by atoms with Crippen LogP contribution in [0.15, 0.2) is 12.5 Å². The molecule has 0 amide bonds. The Hall–Kier alpha value is -3.24. The van der Waals surface area contributed by atoms with Gasteiger partial charge in [-0.05, 0) is 6.92 Å². The molecule has 0 aliphatic heterocycles. The molecule has 0 radical (unpaired) electrons. The average molecular weight is 307 g/mol. The maximum atomic E-state index is 11.8. The van der Waals surface area contributed by atoms with E-state index in [1.54, 1.807) is 14.0 Å². The molecule has 0 spiro atoms. The lowest BCUT2D eigenvalue weighted by Crippen LogP contribution is -2.11. The van der Waals surface area contributed by atoms with Crippen molar-refractivity contribution in [1.29, 1.82) is 0 Å². The fraction of sp³-hybridized carbons (Fsp3) is 0.273. The summed E-state index contributed by atoms with van der Waals surface area (Å²) in [4.78, 5) is 29.6. The van der Waals surface area contributed by atoms with E-state index in [1.165, 1.54) is 10.9 Å². The molecule has 11 heteroatoms.